The largest absolute Gasteiger partial charge is 0.354 e. The van der Waals surface area contributed by atoms with Gasteiger partial charge in [0, 0.05) is 25.1 Å². The van der Waals surface area contributed by atoms with Gasteiger partial charge in [-0.15, -0.1) is 0 Å². The van der Waals surface area contributed by atoms with Crippen LogP contribution in [0.5, 0.6) is 0 Å². The molecule has 88 valence electrons. The molecule has 3 nitrogen and oxygen atoms in total. The van der Waals surface area contributed by atoms with Gasteiger partial charge in [0.2, 0.25) is 0 Å². The third-order valence-corrected chi connectivity index (χ3v) is 3.55. The van der Waals surface area contributed by atoms with E-state index in [2.05, 4.69) is 44.6 Å². The number of hydrogen-bond donors (Lipinski definition) is 0. The van der Waals surface area contributed by atoms with Gasteiger partial charge < -0.3 is 4.90 Å². The zero-order valence-electron chi connectivity index (χ0n) is 9.91. The molecule has 1 atom stereocenters. The van der Waals surface area contributed by atoms with Gasteiger partial charge in [-0.2, -0.15) is 0 Å². The van der Waals surface area contributed by atoms with E-state index < -0.39 is 0 Å². The Balaban J connectivity index is 2.27. The Labute approximate surface area is 105 Å². The molecule has 1 aromatic heterocycles. The third-order valence-electron chi connectivity index (χ3n) is 3.14. The lowest BCUT2D eigenvalue weighted by Crippen LogP contribution is -2.38. The first-order valence-corrected chi connectivity index (χ1v) is 6.80. The second-order valence-electron chi connectivity index (χ2n) is 4.36. The van der Waals surface area contributed by atoms with Crippen LogP contribution in [-0.4, -0.2) is 22.6 Å². The van der Waals surface area contributed by atoms with Gasteiger partial charge in [-0.1, -0.05) is 6.92 Å². The van der Waals surface area contributed by atoms with Crippen molar-refractivity contribution >= 4 is 21.7 Å². The van der Waals surface area contributed by atoms with Gasteiger partial charge in [-0.05, 0) is 42.1 Å². The number of piperidine rings is 1. The van der Waals surface area contributed by atoms with Crippen LogP contribution in [-0.2, 0) is 6.42 Å². The molecule has 0 aromatic carbocycles. The SMILES string of the molecule is CCc1nc(Br)cc(N2CCCCC2C)n1. The summed E-state index contributed by atoms with van der Waals surface area (Å²) in [5.74, 6) is 1.99. The summed E-state index contributed by atoms with van der Waals surface area (Å²) < 4.78 is 0.895. The van der Waals surface area contributed by atoms with E-state index in [0.717, 1.165) is 29.2 Å². The van der Waals surface area contributed by atoms with Crippen molar-refractivity contribution in [3.63, 3.8) is 0 Å². The summed E-state index contributed by atoms with van der Waals surface area (Å²) in [6.45, 7) is 5.49. The van der Waals surface area contributed by atoms with Crippen LogP contribution in [0.4, 0.5) is 5.82 Å². The average molecular weight is 284 g/mol. The normalized spacial score (nSPS) is 21.2. The van der Waals surface area contributed by atoms with Crippen LogP contribution < -0.4 is 4.90 Å². The summed E-state index contributed by atoms with van der Waals surface area (Å²) in [7, 11) is 0. The maximum absolute atomic E-state index is 4.61. The molecule has 16 heavy (non-hydrogen) atoms. The van der Waals surface area contributed by atoms with Crippen molar-refractivity contribution < 1.29 is 0 Å². The van der Waals surface area contributed by atoms with Crippen LogP contribution in [0, 0.1) is 0 Å². The number of hydrogen-bond acceptors (Lipinski definition) is 3. The predicted molar refractivity (Wildman–Crippen MR) is 69.8 cm³/mol. The van der Waals surface area contributed by atoms with Gasteiger partial charge in [0.05, 0.1) is 0 Å². The van der Waals surface area contributed by atoms with Crippen molar-refractivity contribution in [2.24, 2.45) is 0 Å². The molecule has 0 N–H and O–H groups in total. The fourth-order valence-corrected chi connectivity index (χ4v) is 2.60. The lowest BCUT2D eigenvalue weighted by atomic mass is 10.0. The standard InChI is InChI=1S/C12H18BrN3/c1-3-11-14-10(13)8-12(15-11)16-7-5-4-6-9(16)2/h8-9H,3-7H2,1-2H3. The first-order chi connectivity index (χ1) is 7.70. The highest BCUT2D eigenvalue weighted by Gasteiger charge is 2.20. The fraction of sp³-hybridized carbons (Fsp3) is 0.667. The first-order valence-electron chi connectivity index (χ1n) is 6.01. The van der Waals surface area contributed by atoms with Crippen molar-refractivity contribution in [1.82, 2.24) is 9.97 Å². The van der Waals surface area contributed by atoms with E-state index in [1.807, 2.05) is 6.07 Å². The van der Waals surface area contributed by atoms with Crippen molar-refractivity contribution in [3.05, 3.63) is 16.5 Å². The number of anilines is 1. The molecule has 1 aliphatic rings. The highest BCUT2D eigenvalue weighted by atomic mass is 79.9. The summed E-state index contributed by atoms with van der Waals surface area (Å²) in [5, 5.41) is 0. The van der Waals surface area contributed by atoms with E-state index >= 15 is 0 Å². The van der Waals surface area contributed by atoms with E-state index in [4.69, 9.17) is 0 Å². The minimum atomic E-state index is 0.597. The molecule has 0 saturated carbocycles. The van der Waals surface area contributed by atoms with Crippen LogP contribution in [0.1, 0.15) is 38.9 Å². The minimum Gasteiger partial charge on any atom is -0.354 e. The van der Waals surface area contributed by atoms with E-state index in [-0.39, 0.29) is 0 Å². The maximum atomic E-state index is 4.61. The van der Waals surface area contributed by atoms with Gasteiger partial charge in [-0.25, -0.2) is 9.97 Å². The van der Waals surface area contributed by atoms with Gasteiger partial charge in [-0.3, -0.25) is 0 Å². The van der Waals surface area contributed by atoms with E-state index in [1.54, 1.807) is 0 Å². The second-order valence-corrected chi connectivity index (χ2v) is 5.17. The zero-order valence-corrected chi connectivity index (χ0v) is 11.5. The molecule has 1 fully saturated rings. The molecule has 1 aliphatic heterocycles. The minimum absolute atomic E-state index is 0.597. The molecule has 0 bridgehead atoms. The van der Waals surface area contributed by atoms with Crippen molar-refractivity contribution in [2.75, 3.05) is 11.4 Å². The van der Waals surface area contributed by atoms with Crippen LogP contribution in [0.3, 0.4) is 0 Å². The van der Waals surface area contributed by atoms with Crippen LogP contribution in [0.15, 0.2) is 10.7 Å². The topological polar surface area (TPSA) is 29.0 Å². The van der Waals surface area contributed by atoms with Gasteiger partial charge in [0.15, 0.2) is 0 Å². The average Bonchev–Trinajstić information content (AvgIpc) is 2.28. The van der Waals surface area contributed by atoms with Gasteiger partial charge in [0.1, 0.15) is 16.2 Å². The van der Waals surface area contributed by atoms with E-state index in [1.165, 1.54) is 19.3 Å². The lowest BCUT2D eigenvalue weighted by Gasteiger charge is -2.34. The Bertz CT molecular complexity index is 367. The van der Waals surface area contributed by atoms with E-state index in [9.17, 15) is 0 Å². The summed E-state index contributed by atoms with van der Waals surface area (Å²) in [6.07, 6.45) is 4.76. The molecule has 2 heterocycles. The lowest BCUT2D eigenvalue weighted by molar-refractivity contribution is 0.480. The quantitative estimate of drug-likeness (QED) is 0.781. The summed E-state index contributed by atoms with van der Waals surface area (Å²) in [5.41, 5.74) is 0. The first kappa shape index (κ1) is 11.8. The molecular formula is C12H18BrN3. The van der Waals surface area contributed by atoms with Crippen LogP contribution >= 0.6 is 15.9 Å². The van der Waals surface area contributed by atoms with Crippen molar-refractivity contribution in [1.29, 1.82) is 0 Å². The van der Waals surface area contributed by atoms with Gasteiger partial charge >= 0.3 is 0 Å². The van der Waals surface area contributed by atoms with Crippen LogP contribution in [0.2, 0.25) is 0 Å². The Morgan fingerprint density at radius 2 is 2.25 bits per heavy atom. The van der Waals surface area contributed by atoms with E-state index in [0.29, 0.717) is 6.04 Å². The molecule has 4 heteroatoms. The molecule has 2 rings (SSSR count). The van der Waals surface area contributed by atoms with Gasteiger partial charge in [0.25, 0.3) is 0 Å². The summed E-state index contributed by atoms with van der Waals surface area (Å²) in [6, 6.07) is 2.63. The molecule has 0 aliphatic carbocycles. The molecule has 1 unspecified atom stereocenters. The Kier molecular flexibility index (Phi) is 3.79. The molecule has 0 amide bonds. The molecule has 1 aromatic rings. The monoisotopic (exact) mass is 283 g/mol. The Morgan fingerprint density at radius 3 is 2.94 bits per heavy atom. The Hall–Kier alpha value is -0.640. The molecule has 0 radical (unpaired) electrons. The smallest absolute Gasteiger partial charge is 0.133 e. The fourth-order valence-electron chi connectivity index (χ4n) is 2.20. The van der Waals surface area contributed by atoms with Crippen molar-refractivity contribution in [3.8, 4) is 0 Å². The number of rotatable bonds is 2. The predicted octanol–water partition coefficient (Wildman–Crippen LogP) is 3.18. The Morgan fingerprint density at radius 1 is 1.44 bits per heavy atom. The summed E-state index contributed by atoms with van der Waals surface area (Å²) >= 11 is 3.46. The number of aromatic nitrogens is 2. The number of nitrogens with zero attached hydrogens (tertiary/aromatic N) is 3. The highest BCUT2D eigenvalue weighted by Crippen LogP contribution is 2.24. The van der Waals surface area contributed by atoms with Crippen LogP contribution in [0.25, 0.3) is 0 Å². The zero-order chi connectivity index (χ0) is 11.5. The molecule has 1 saturated heterocycles. The molecule has 0 spiro atoms. The highest BCUT2D eigenvalue weighted by molar-refractivity contribution is 9.10. The second kappa shape index (κ2) is 5.13. The summed E-state index contributed by atoms with van der Waals surface area (Å²) in [4.78, 5) is 11.4. The number of halogens is 1. The maximum Gasteiger partial charge on any atom is 0.133 e. The third kappa shape index (κ3) is 2.54. The number of aryl methyl sites for hydroxylation is 1. The van der Waals surface area contributed by atoms with Crippen molar-refractivity contribution in [2.45, 2.75) is 45.6 Å². The molecular weight excluding hydrogens is 266 g/mol.